The highest BCUT2D eigenvalue weighted by atomic mass is 16.3. The van der Waals surface area contributed by atoms with Gasteiger partial charge in [0, 0.05) is 13.0 Å². The van der Waals surface area contributed by atoms with Crippen LogP contribution in [0.3, 0.4) is 0 Å². The number of unbranched alkanes of at least 4 members (excludes halogenated alkanes) is 6. The number of allylic oxidation sites excluding steroid dienone is 8. The summed E-state index contributed by atoms with van der Waals surface area (Å²) in [5.74, 6) is -0.129. The lowest BCUT2D eigenvalue weighted by Gasteiger charge is -2.05. The van der Waals surface area contributed by atoms with Crippen molar-refractivity contribution in [3.8, 4) is 0 Å². The molecule has 3 nitrogen and oxygen atoms in total. The van der Waals surface area contributed by atoms with Gasteiger partial charge in [-0.1, -0.05) is 74.8 Å². The Labute approximate surface area is 167 Å². The molecule has 0 aliphatic heterocycles. The summed E-state index contributed by atoms with van der Waals surface area (Å²) >= 11 is 0. The Hall–Kier alpha value is -1.45. The zero-order valence-corrected chi connectivity index (χ0v) is 17.3. The van der Waals surface area contributed by atoms with E-state index in [4.69, 9.17) is 5.73 Å². The molecule has 154 valence electrons. The summed E-state index contributed by atoms with van der Waals surface area (Å²) in [4.78, 5) is 11.4. The van der Waals surface area contributed by atoms with Gasteiger partial charge in [0.2, 0.25) is 0 Å². The maximum absolute atomic E-state index is 11.4. The van der Waals surface area contributed by atoms with Crippen molar-refractivity contribution in [3.05, 3.63) is 48.6 Å². The third kappa shape index (κ3) is 19.1. The van der Waals surface area contributed by atoms with Crippen LogP contribution in [0.4, 0.5) is 0 Å². The number of aliphatic hydroxyl groups excluding tert-OH is 1. The summed E-state index contributed by atoms with van der Waals surface area (Å²) in [6, 6.07) is 0. The predicted octanol–water partition coefficient (Wildman–Crippen LogP) is 5.80. The molecule has 0 rings (SSSR count). The Morgan fingerprint density at radius 2 is 1.26 bits per heavy atom. The first-order valence-corrected chi connectivity index (χ1v) is 10.7. The third-order valence-corrected chi connectivity index (χ3v) is 4.35. The van der Waals surface area contributed by atoms with Gasteiger partial charge in [-0.2, -0.15) is 0 Å². The minimum absolute atomic E-state index is 0.0288. The molecule has 0 saturated carbocycles. The maximum Gasteiger partial charge on any atom is 0.162 e. The van der Waals surface area contributed by atoms with Gasteiger partial charge >= 0.3 is 0 Å². The first kappa shape index (κ1) is 25.6. The first-order chi connectivity index (χ1) is 13.2. The standard InChI is InChI=1S/C24H41NO2/c1-2-3-4-5-6-7-8-9-10-11-12-13-14-15-16-17-18-19-20-21-23(26)24(27)22-25/h6-7,9-10,12-13,15-16,24,27H,2-5,8,11,14,17-22,25H2,1H3. The normalized spacial score (nSPS) is 13.6. The fourth-order valence-electron chi connectivity index (χ4n) is 2.60. The Morgan fingerprint density at radius 1 is 0.778 bits per heavy atom. The van der Waals surface area contributed by atoms with Gasteiger partial charge in [0.05, 0.1) is 0 Å². The molecule has 3 heteroatoms. The zero-order chi connectivity index (χ0) is 20.0. The number of carbonyl (C=O) groups is 1. The third-order valence-electron chi connectivity index (χ3n) is 4.35. The number of nitrogens with two attached hydrogens (primary N) is 1. The van der Waals surface area contributed by atoms with Crippen molar-refractivity contribution in [2.24, 2.45) is 5.73 Å². The molecule has 3 N–H and O–H groups in total. The molecular formula is C24H41NO2. The monoisotopic (exact) mass is 375 g/mol. The number of hydrogen-bond acceptors (Lipinski definition) is 3. The molecule has 1 atom stereocenters. The highest BCUT2D eigenvalue weighted by Crippen LogP contribution is 2.06. The molecule has 0 aromatic heterocycles. The topological polar surface area (TPSA) is 63.3 Å². The maximum atomic E-state index is 11.4. The van der Waals surface area contributed by atoms with Crippen LogP contribution >= 0.6 is 0 Å². The van der Waals surface area contributed by atoms with E-state index in [1.165, 1.54) is 25.7 Å². The minimum Gasteiger partial charge on any atom is -0.384 e. The number of Topliss-reactive ketones (excluding diaryl/α,β-unsaturated/α-hetero) is 1. The molecule has 1 unspecified atom stereocenters. The van der Waals surface area contributed by atoms with Crippen LogP contribution in [0.15, 0.2) is 48.6 Å². The summed E-state index contributed by atoms with van der Waals surface area (Å²) in [6.45, 7) is 2.27. The molecule has 0 radical (unpaired) electrons. The molecular weight excluding hydrogens is 334 g/mol. The summed E-state index contributed by atoms with van der Waals surface area (Å²) < 4.78 is 0. The van der Waals surface area contributed by atoms with E-state index in [-0.39, 0.29) is 12.3 Å². The van der Waals surface area contributed by atoms with Crippen molar-refractivity contribution in [2.45, 2.75) is 90.1 Å². The van der Waals surface area contributed by atoms with Crippen LogP contribution in [0.25, 0.3) is 0 Å². The summed E-state index contributed by atoms with van der Waals surface area (Å²) in [6.07, 6.45) is 29.4. The van der Waals surface area contributed by atoms with Crippen LogP contribution in [0, 0.1) is 0 Å². The molecule has 0 aromatic rings. The molecule has 0 aliphatic carbocycles. The Morgan fingerprint density at radius 3 is 1.74 bits per heavy atom. The Balaban J connectivity index is 3.45. The van der Waals surface area contributed by atoms with Crippen LogP contribution < -0.4 is 5.73 Å². The second-order valence-corrected chi connectivity index (χ2v) is 6.91. The van der Waals surface area contributed by atoms with Crippen molar-refractivity contribution >= 4 is 5.78 Å². The first-order valence-electron chi connectivity index (χ1n) is 10.7. The number of hydrogen-bond donors (Lipinski definition) is 2. The molecule has 0 aromatic carbocycles. The second-order valence-electron chi connectivity index (χ2n) is 6.91. The van der Waals surface area contributed by atoms with Crippen molar-refractivity contribution < 1.29 is 9.90 Å². The number of ketones is 1. The van der Waals surface area contributed by atoms with E-state index in [1.807, 2.05) is 0 Å². The number of rotatable bonds is 18. The van der Waals surface area contributed by atoms with Gasteiger partial charge in [0.15, 0.2) is 5.78 Å². The molecule has 27 heavy (non-hydrogen) atoms. The average molecular weight is 376 g/mol. The quantitative estimate of drug-likeness (QED) is 0.235. The summed E-state index contributed by atoms with van der Waals surface area (Å²) in [5.41, 5.74) is 5.26. The van der Waals surface area contributed by atoms with Crippen LogP contribution in [0.5, 0.6) is 0 Å². The van der Waals surface area contributed by atoms with Crippen molar-refractivity contribution in [3.63, 3.8) is 0 Å². The number of aliphatic hydroxyl groups is 1. The van der Waals surface area contributed by atoms with Gasteiger partial charge in [-0.15, -0.1) is 0 Å². The van der Waals surface area contributed by atoms with Crippen LogP contribution in [-0.2, 0) is 4.79 Å². The lowest BCUT2D eigenvalue weighted by molar-refractivity contribution is -0.126. The Bertz CT molecular complexity index is 449. The van der Waals surface area contributed by atoms with Crippen molar-refractivity contribution in [1.82, 2.24) is 0 Å². The van der Waals surface area contributed by atoms with E-state index in [0.717, 1.165) is 44.9 Å². The molecule has 0 bridgehead atoms. The van der Waals surface area contributed by atoms with E-state index < -0.39 is 6.10 Å². The van der Waals surface area contributed by atoms with Crippen molar-refractivity contribution in [2.75, 3.05) is 6.54 Å². The molecule has 0 saturated heterocycles. The lowest BCUT2D eigenvalue weighted by Crippen LogP contribution is -2.28. The predicted molar refractivity (Wildman–Crippen MR) is 118 cm³/mol. The molecule has 0 amide bonds. The van der Waals surface area contributed by atoms with Gasteiger partial charge < -0.3 is 10.8 Å². The molecule has 0 heterocycles. The number of carbonyl (C=O) groups excluding carboxylic acids is 1. The zero-order valence-electron chi connectivity index (χ0n) is 17.3. The average Bonchev–Trinajstić information content (AvgIpc) is 2.68. The van der Waals surface area contributed by atoms with E-state index in [0.29, 0.717) is 6.42 Å². The van der Waals surface area contributed by atoms with E-state index in [1.54, 1.807) is 0 Å². The van der Waals surface area contributed by atoms with Gasteiger partial charge in [-0.25, -0.2) is 0 Å². The van der Waals surface area contributed by atoms with E-state index >= 15 is 0 Å². The second kappa shape index (κ2) is 20.9. The van der Waals surface area contributed by atoms with Crippen LogP contribution in [0.2, 0.25) is 0 Å². The summed E-state index contributed by atoms with van der Waals surface area (Å²) in [5, 5.41) is 9.28. The van der Waals surface area contributed by atoms with Crippen LogP contribution in [-0.4, -0.2) is 23.5 Å². The van der Waals surface area contributed by atoms with Gasteiger partial charge in [-0.3, -0.25) is 4.79 Å². The SMILES string of the molecule is CCCCCC=CCC=CCC=CCC=CCCCCCC(=O)C(O)CN. The van der Waals surface area contributed by atoms with Gasteiger partial charge in [0.25, 0.3) is 0 Å². The molecule has 0 fully saturated rings. The summed E-state index contributed by atoms with van der Waals surface area (Å²) in [7, 11) is 0. The smallest absolute Gasteiger partial charge is 0.162 e. The van der Waals surface area contributed by atoms with Gasteiger partial charge in [0.1, 0.15) is 6.10 Å². The van der Waals surface area contributed by atoms with E-state index in [2.05, 4.69) is 55.5 Å². The van der Waals surface area contributed by atoms with E-state index in [9.17, 15) is 9.90 Å². The lowest BCUT2D eigenvalue weighted by atomic mass is 10.1. The van der Waals surface area contributed by atoms with Gasteiger partial charge in [-0.05, 0) is 51.4 Å². The fraction of sp³-hybridized carbons (Fsp3) is 0.625. The molecule has 0 aliphatic rings. The van der Waals surface area contributed by atoms with Crippen molar-refractivity contribution in [1.29, 1.82) is 0 Å². The van der Waals surface area contributed by atoms with Crippen LogP contribution in [0.1, 0.15) is 84.0 Å². The highest BCUT2D eigenvalue weighted by molar-refractivity contribution is 5.82. The molecule has 0 spiro atoms. The fourth-order valence-corrected chi connectivity index (χ4v) is 2.60. The highest BCUT2D eigenvalue weighted by Gasteiger charge is 2.11. The Kier molecular flexibility index (Phi) is 19.7. The minimum atomic E-state index is -0.974. The largest absolute Gasteiger partial charge is 0.384 e.